The van der Waals surface area contributed by atoms with Gasteiger partial charge in [0, 0.05) is 19.2 Å². The fraction of sp³-hybridized carbons (Fsp3) is 0.500. The maximum absolute atomic E-state index is 12.2. The van der Waals surface area contributed by atoms with Crippen molar-refractivity contribution in [3.8, 4) is 11.7 Å². The number of aromatic nitrogens is 3. The molecular formula is C12H15N5O5S. The van der Waals surface area contributed by atoms with Gasteiger partial charge >= 0.3 is 6.01 Å². The van der Waals surface area contributed by atoms with Crippen molar-refractivity contribution in [2.45, 2.75) is 12.8 Å². The zero-order chi connectivity index (χ0) is 16.4. The highest BCUT2D eigenvalue weighted by Gasteiger charge is 2.31. The Bertz CT molecular complexity index is 785. The quantitative estimate of drug-likeness (QED) is 0.842. The first-order chi connectivity index (χ1) is 10.9. The predicted molar refractivity (Wildman–Crippen MR) is 77.6 cm³/mol. The average Bonchev–Trinajstić information content (AvgIpc) is 3.17. The lowest BCUT2D eigenvalue weighted by molar-refractivity contribution is -0.121. The number of nitrogens with one attached hydrogen (secondary N) is 1. The van der Waals surface area contributed by atoms with E-state index in [2.05, 4.69) is 20.7 Å². The molecule has 2 aromatic rings. The van der Waals surface area contributed by atoms with Crippen molar-refractivity contribution in [2.24, 2.45) is 5.92 Å². The number of amides is 1. The largest absolute Gasteiger partial charge is 0.400 e. The standard InChI is InChI=1S/C12H15N5O5S/c1-23(19,20)17-6-2-3-8(7-17)10(18)14-12-16-15-11(21-12)9-4-5-13-22-9/h4-5,8H,2-3,6-7H2,1H3,(H,14,16,18). The van der Waals surface area contributed by atoms with Crippen LogP contribution in [0.5, 0.6) is 0 Å². The lowest BCUT2D eigenvalue weighted by Gasteiger charge is -2.29. The van der Waals surface area contributed by atoms with Gasteiger partial charge in [-0.2, -0.15) is 0 Å². The molecule has 3 heterocycles. The highest BCUT2D eigenvalue weighted by Crippen LogP contribution is 2.22. The highest BCUT2D eigenvalue weighted by molar-refractivity contribution is 7.88. The molecule has 1 aliphatic heterocycles. The van der Waals surface area contributed by atoms with Crippen LogP contribution in [-0.2, 0) is 14.8 Å². The number of piperidine rings is 1. The normalized spacial score (nSPS) is 19.6. The molecule has 0 aromatic carbocycles. The minimum absolute atomic E-state index is 0.0714. The Balaban J connectivity index is 1.65. The minimum Gasteiger partial charge on any atom is -0.400 e. The fourth-order valence-electron chi connectivity index (χ4n) is 2.36. The number of hydrogen-bond acceptors (Lipinski definition) is 8. The Hall–Kier alpha value is -2.27. The number of hydrogen-bond donors (Lipinski definition) is 1. The van der Waals surface area contributed by atoms with E-state index in [1.807, 2.05) is 0 Å². The second-order valence-corrected chi connectivity index (χ2v) is 7.22. The number of carbonyl (C=O) groups is 1. The van der Waals surface area contributed by atoms with Gasteiger partial charge in [0.2, 0.25) is 21.7 Å². The minimum atomic E-state index is -3.31. The number of anilines is 1. The molecule has 0 aliphatic carbocycles. The molecular weight excluding hydrogens is 326 g/mol. The molecule has 23 heavy (non-hydrogen) atoms. The molecule has 11 heteroatoms. The van der Waals surface area contributed by atoms with Gasteiger partial charge in [0.15, 0.2) is 0 Å². The van der Waals surface area contributed by atoms with Crippen LogP contribution in [-0.4, -0.2) is 53.3 Å². The van der Waals surface area contributed by atoms with Crippen LogP contribution in [0, 0.1) is 5.92 Å². The number of nitrogens with zero attached hydrogens (tertiary/aromatic N) is 4. The highest BCUT2D eigenvalue weighted by atomic mass is 32.2. The van der Waals surface area contributed by atoms with Gasteiger partial charge in [0.1, 0.15) is 0 Å². The molecule has 2 aromatic heterocycles. The molecule has 1 amide bonds. The van der Waals surface area contributed by atoms with E-state index in [0.717, 1.165) is 6.26 Å². The predicted octanol–water partition coefficient (Wildman–Crippen LogP) is 0.335. The summed E-state index contributed by atoms with van der Waals surface area (Å²) in [5, 5.41) is 13.5. The molecule has 1 atom stereocenters. The molecule has 0 radical (unpaired) electrons. The number of carbonyl (C=O) groups excluding carboxylic acids is 1. The molecule has 124 valence electrons. The maximum Gasteiger partial charge on any atom is 0.322 e. The third-order valence-electron chi connectivity index (χ3n) is 3.53. The van der Waals surface area contributed by atoms with Gasteiger partial charge in [-0.1, -0.05) is 10.3 Å². The van der Waals surface area contributed by atoms with Gasteiger partial charge in [0.25, 0.3) is 5.89 Å². The molecule has 1 fully saturated rings. The summed E-state index contributed by atoms with van der Waals surface area (Å²) in [7, 11) is -3.31. The van der Waals surface area contributed by atoms with Crippen LogP contribution < -0.4 is 5.32 Å². The van der Waals surface area contributed by atoms with Crippen molar-refractivity contribution in [1.29, 1.82) is 0 Å². The van der Waals surface area contributed by atoms with Crippen LogP contribution in [0.3, 0.4) is 0 Å². The van der Waals surface area contributed by atoms with E-state index in [9.17, 15) is 13.2 Å². The van der Waals surface area contributed by atoms with E-state index >= 15 is 0 Å². The lowest BCUT2D eigenvalue weighted by atomic mass is 9.99. The van der Waals surface area contributed by atoms with Crippen LogP contribution in [0.2, 0.25) is 0 Å². The zero-order valence-electron chi connectivity index (χ0n) is 12.3. The second-order valence-electron chi connectivity index (χ2n) is 5.24. The van der Waals surface area contributed by atoms with Gasteiger partial charge < -0.3 is 8.94 Å². The van der Waals surface area contributed by atoms with Gasteiger partial charge in [0.05, 0.1) is 18.4 Å². The van der Waals surface area contributed by atoms with Crippen LogP contribution >= 0.6 is 0 Å². The Morgan fingerprint density at radius 1 is 1.43 bits per heavy atom. The third-order valence-corrected chi connectivity index (χ3v) is 4.80. The summed E-state index contributed by atoms with van der Waals surface area (Å²) < 4.78 is 34.6. The van der Waals surface area contributed by atoms with Crippen molar-refractivity contribution < 1.29 is 22.2 Å². The summed E-state index contributed by atoms with van der Waals surface area (Å²) in [4.78, 5) is 12.2. The Morgan fingerprint density at radius 2 is 2.26 bits per heavy atom. The molecule has 1 aliphatic rings. The second kappa shape index (κ2) is 6.08. The molecule has 0 spiro atoms. The Morgan fingerprint density at radius 3 is 2.96 bits per heavy atom. The summed E-state index contributed by atoms with van der Waals surface area (Å²) in [6, 6.07) is 1.47. The number of sulfonamides is 1. The van der Waals surface area contributed by atoms with E-state index in [-0.39, 0.29) is 24.4 Å². The van der Waals surface area contributed by atoms with Crippen LogP contribution in [0.15, 0.2) is 21.2 Å². The van der Waals surface area contributed by atoms with E-state index < -0.39 is 15.9 Å². The fourth-order valence-corrected chi connectivity index (χ4v) is 3.28. The van der Waals surface area contributed by atoms with Crippen molar-refractivity contribution in [2.75, 3.05) is 24.7 Å². The van der Waals surface area contributed by atoms with Crippen molar-refractivity contribution in [3.63, 3.8) is 0 Å². The van der Waals surface area contributed by atoms with E-state index in [1.165, 1.54) is 10.5 Å². The molecule has 1 saturated heterocycles. The SMILES string of the molecule is CS(=O)(=O)N1CCCC(C(=O)Nc2nnc(-c3ccno3)o2)C1. The third kappa shape index (κ3) is 3.56. The van der Waals surface area contributed by atoms with Crippen molar-refractivity contribution >= 4 is 21.9 Å². The summed E-state index contributed by atoms with van der Waals surface area (Å²) in [5.41, 5.74) is 0. The van der Waals surface area contributed by atoms with Crippen LogP contribution in [0.25, 0.3) is 11.7 Å². The number of rotatable bonds is 4. The average molecular weight is 341 g/mol. The lowest BCUT2D eigenvalue weighted by Crippen LogP contribution is -2.43. The van der Waals surface area contributed by atoms with Crippen molar-refractivity contribution in [3.05, 3.63) is 12.3 Å². The topological polar surface area (TPSA) is 131 Å². The monoisotopic (exact) mass is 341 g/mol. The smallest absolute Gasteiger partial charge is 0.322 e. The van der Waals surface area contributed by atoms with E-state index in [0.29, 0.717) is 25.1 Å². The van der Waals surface area contributed by atoms with Crippen molar-refractivity contribution in [1.82, 2.24) is 19.7 Å². The van der Waals surface area contributed by atoms with Gasteiger partial charge in [-0.3, -0.25) is 10.1 Å². The molecule has 1 unspecified atom stereocenters. The van der Waals surface area contributed by atoms with Crippen LogP contribution in [0.1, 0.15) is 12.8 Å². The Labute approximate surface area is 131 Å². The van der Waals surface area contributed by atoms with Gasteiger partial charge in [-0.05, 0) is 12.8 Å². The molecule has 0 bridgehead atoms. The summed E-state index contributed by atoms with van der Waals surface area (Å²) in [6.45, 7) is 0.576. The zero-order valence-corrected chi connectivity index (χ0v) is 13.1. The van der Waals surface area contributed by atoms with E-state index in [1.54, 1.807) is 6.07 Å². The first-order valence-corrected chi connectivity index (χ1v) is 8.79. The first kappa shape index (κ1) is 15.6. The summed E-state index contributed by atoms with van der Waals surface area (Å²) >= 11 is 0. The van der Waals surface area contributed by atoms with Crippen LogP contribution in [0.4, 0.5) is 6.01 Å². The Kier molecular flexibility index (Phi) is 4.13. The summed E-state index contributed by atoms with van der Waals surface area (Å²) in [5.74, 6) is -0.427. The molecule has 1 N–H and O–H groups in total. The molecule has 3 rings (SSSR count). The van der Waals surface area contributed by atoms with Gasteiger partial charge in [-0.15, -0.1) is 5.10 Å². The first-order valence-electron chi connectivity index (χ1n) is 6.94. The molecule has 0 saturated carbocycles. The molecule has 10 nitrogen and oxygen atoms in total. The maximum atomic E-state index is 12.2. The van der Waals surface area contributed by atoms with E-state index in [4.69, 9.17) is 8.94 Å². The van der Waals surface area contributed by atoms with Gasteiger partial charge in [-0.25, -0.2) is 12.7 Å². The summed E-state index contributed by atoms with van der Waals surface area (Å²) in [6.07, 6.45) is 3.79.